The van der Waals surface area contributed by atoms with E-state index in [-0.39, 0.29) is 34.6 Å². The van der Waals surface area contributed by atoms with Gasteiger partial charge in [-0.15, -0.1) is 0 Å². The number of sulfonamides is 1. The molecule has 1 aliphatic rings. The van der Waals surface area contributed by atoms with Crippen LogP contribution in [0.15, 0.2) is 12.1 Å². The second-order valence-electron chi connectivity index (χ2n) is 6.13. The van der Waals surface area contributed by atoms with Gasteiger partial charge in [0.2, 0.25) is 10.0 Å². The van der Waals surface area contributed by atoms with Crippen LogP contribution in [0.25, 0.3) is 0 Å². The van der Waals surface area contributed by atoms with Crippen molar-refractivity contribution in [3.63, 3.8) is 0 Å². The van der Waals surface area contributed by atoms with Crippen LogP contribution in [-0.2, 0) is 14.8 Å². The summed E-state index contributed by atoms with van der Waals surface area (Å²) in [6.07, 6.45) is 2.40. The normalized spacial score (nSPS) is 17.3. The number of ether oxygens (including phenoxy) is 2. The highest BCUT2D eigenvalue weighted by Crippen LogP contribution is 2.31. The van der Waals surface area contributed by atoms with Crippen LogP contribution in [-0.4, -0.2) is 64.9 Å². The minimum atomic E-state index is -3.35. The van der Waals surface area contributed by atoms with E-state index in [0.29, 0.717) is 19.4 Å². The Balaban J connectivity index is 2.14. The molecule has 11 heteroatoms. The van der Waals surface area contributed by atoms with Crippen molar-refractivity contribution in [2.45, 2.75) is 18.9 Å². The van der Waals surface area contributed by atoms with Crippen molar-refractivity contribution in [2.75, 3.05) is 38.9 Å². The highest BCUT2D eigenvalue weighted by atomic mass is 35.5. The quantitative estimate of drug-likeness (QED) is 0.702. The minimum absolute atomic E-state index is 0.137. The van der Waals surface area contributed by atoms with Crippen LogP contribution in [0.5, 0.6) is 5.75 Å². The van der Waals surface area contributed by atoms with Crippen molar-refractivity contribution in [3.8, 4) is 5.75 Å². The van der Waals surface area contributed by atoms with E-state index < -0.39 is 22.0 Å². The molecular formula is C16H22ClN3O6S. The number of nitrogens with zero attached hydrogens (tertiary/aromatic N) is 1. The average Bonchev–Trinajstić information content (AvgIpc) is 2.61. The molecule has 0 aromatic heterocycles. The smallest absolute Gasteiger partial charge is 0.341 e. The number of urea groups is 1. The number of halogens is 1. The molecule has 0 unspecified atom stereocenters. The Morgan fingerprint density at radius 2 is 2.00 bits per heavy atom. The number of rotatable bonds is 5. The van der Waals surface area contributed by atoms with Crippen LogP contribution < -0.4 is 14.8 Å². The molecule has 1 atom stereocenters. The molecule has 1 fully saturated rings. The molecule has 0 saturated carbocycles. The number of esters is 1. The van der Waals surface area contributed by atoms with Gasteiger partial charge in [-0.1, -0.05) is 11.6 Å². The van der Waals surface area contributed by atoms with Crippen molar-refractivity contribution in [2.24, 2.45) is 0 Å². The average molecular weight is 420 g/mol. The fraction of sp³-hybridized carbons (Fsp3) is 0.500. The summed E-state index contributed by atoms with van der Waals surface area (Å²) in [5, 5.41) is 2.81. The van der Waals surface area contributed by atoms with Gasteiger partial charge in [-0.3, -0.25) is 0 Å². The summed E-state index contributed by atoms with van der Waals surface area (Å²) in [6, 6.07) is 2.02. The number of likely N-dealkylation sites (tertiary alicyclic amines) is 1. The zero-order valence-electron chi connectivity index (χ0n) is 15.2. The van der Waals surface area contributed by atoms with Crippen molar-refractivity contribution in [1.29, 1.82) is 0 Å². The van der Waals surface area contributed by atoms with E-state index in [0.717, 1.165) is 6.26 Å². The first kappa shape index (κ1) is 21.3. The third-order valence-corrected chi connectivity index (χ3v) is 5.10. The predicted octanol–water partition coefficient (Wildman–Crippen LogP) is 1.68. The highest BCUT2D eigenvalue weighted by molar-refractivity contribution is 7.88. The van der Waals surface area contributed by atoms with E-state index >= 15 is 0 Å². The highest BCUT2D eigenvalue weighted by Gasteiger charge is 2.26. The van der Waals surface area contributed by atoms with Crippen molar-refractivity contribution in [1.82, 2.24) is 9.62 Å². The molecule has 9 nitrogen and oxygen atoms in total. The molecule has 1 aliphatic heterocycles. The Kier molecular flexibility index (Phi) is 6.90. The number of nitrogens with one attached hydrogen (secondary N) is 2. The van der Waals surface area contributed by atoms with E-state index in [1.165, 1.54) is 31.3 Å². The lowest BCUT2D eigenvalue weighted by molar-refractivity contribution is 0.0597. The SMILES string of the molecule is COC(=O)c1cc(Cl)c(NC(=O)N2CCC[C@@H](NS(C)(=O)=O)C2)cc1OC. The molecule has 0 spiro atoms. The van der Waals surface area contributed by atoms with Gasteiger partial charge in [0.05, 0.1) is 31.2 Å². The number of hydrogen-bond donors (Lipinski definition) is 2. The number of carbonyl (C=O) groups excluding carboxylic acids is 2. The second-order valence-corrected chi connectivity index (χ2v) is 8.32. The molecule has 1 heterocycles. The third-order valence-electron chi connectivity index (χ3n) is 4.03. The van der Waals surface area contributed by atoms with E-state index in [4.69, 9.17) is 16.3 Å². The topological polar surface area (TPSA) is 114 Å². The molecule has 2 N–H and O–H groups in total. The first-order valence-corrected chi connectivity index (χ1v) is 10.4. The molecule has 27 heavy (non-hydrogen) atoms. The number of piperidine rings is 1. The van der Waals surface area contributed by atoms with Crippen LogP contribution in [0, 0.1) is 0 Å². The lowest BCUT2D eigenvalue weighted by Crippen LogP contribution is -2.50. The number of amides is 2. The lowest BCUT2D eigenvalue weighted by atomic mass is 10.1. The van der Waals surface area contributed by atoms with Gasteiger partial charge in [-0.05, 0) is 18.9 Å². The first-order valence-electron chi connectivity index (χ1n) is 8.13. The van der Waals surface area contributed by atoms with Gasteiger partial charge < -0.3 is 19.7 Å². The first-order chi connectivity index (χ1) is 12.6. The van der Waals surface area contributed by atoms with Crippen LogP contribution in [0.2, 0.25) is 5.02 Å². The number of benzene rings is 1. The van der Waals surface area contributed by atoms with E-state index in [2.05, 4.69) is 14.8 Å². The fourth-order valence-electron chi connectivity index (χ4n) is 2.84. The van der Waals surface area contributed by atoms with Crippen LogP contribution in [0.1, 0.15) is 23.2 Å². The van der Waals surface area contributed by atoms with Crippen molar-refractivity contribution >= 4 is 39.3 Å². The van der Waals surface area contributed by atoms with E-state index in [1.807, 2.05) is 0 Å². The van der Waals surface area contributed by atoms with Gasteiger partial charge in [-0.25, -0.2) is 22.7 Å². The molecular weight excluding hydrogens is 398 g/mol. The summed E-state index contributed by atoms with van der Waals surface area (Å²) >= 11 is 6.17. The van der Waals surface area contributed by atoms with Gasteiger partial charge >= 0.3 is 12.0 Å². The molecule has 0 aliphatic carbocycles. The minimum Gasteiger partial charge on any atom is -0.496 e. The zero-order valence-corrected chi connectivity index (χ0v) is 16.8. The number of methoxy groups -OCH3 is 2. The molecule has 2 rings (SSSR count). The summed E-state index contributed by atoms with van der Waals surface area (Å²) < 4.78 is 35.1. The summed E-state index contributed by atoms with van der Waals surface area (Å²) in [4.78, 5) is 25.8. The molecule has 1 aromatic rings. The third kappa shape index (κ3) is 5.72. The molecule has 0 bridgehead atoms. The van der Waals surface area contributed by atoms with E-state index in [1.54, 1.807) is 0 Å². The maximum Gasteiger partial charge on any atom is 0.341 e. The molecule has 2 amide bonds. The molecule has 1 saturated heterocycles. The van der Waals surface area contributed by atoms with Crippen LogP contribution >= 0.6 is 11.6 Å². The summed E-state index contributed by atoms with van der Waals surface area (Å²) in [7, 11) is -0.732. The Morgan fingerprint density at radius 3 is 2.59 bits per heavy atom. The Hall–Kier alpha value is -2.04. The summed E-state index contributed by atoms with van der Waals surface area (Å²) in [5.74, 6) is -0.408. The van der Waals surface area contributed by atoms with Crippen LogP contribution in [0.4, 0.5) is 10.5 Å². The molecule has 1 aromatic carbocycles. The lowest BCUT2D eigenvalue weighted by Gasteiger charge is -2.32. The molecule has 150 valence electrons. The standard InChI is InChI=1S/C16H22ClN3O6S/c1-25-14-8-13(12(17)7-11(14)15(21)26-2)18-16(22)20-6-4-5-10(9-20)19-27(3,23)24/h7-8,10,19H,4-6,9H2,1-3H3,(H,18,22)/t10-/m1/s1. The Labute approximate surface area is 163 Å². The Bertz CT molecular complexity index is 830. The molecule has 0 radical (unpaired) electrons. The van der Waals surface area contributed by atoms with Gasteiger partial charge in [0.15, 0.2) is 0 Å². The van der Waals surface area contributed by atoms with Gasteiger partial charge in [0, 0.05) is 25.2 Å². The van der Waals surface area contributed by atoms with Gasteiger partial charge in [0.25, 0.3) is 0 Å². The maximum absolute atomic E-state index is 12.6. The predicted molar refractivity (Wildman–Crippen MR) is 101 cm³/mol. The number of carbonyl (C=O) groups is 2. The maximum atomic E-state index is 12.6. The van der Waals surface area contributed by atoms with E-state index in [9.17, 15) is 18.0 Å². The van der Waals surface area contributed by atoms with Crippen molar-refractivity contribution < 1.29 is 27.5 Å². The van der Waals surface area contributed by atoms with Gasteiger partial charge in [-0.2, -0.15) is 0 Å². The summed E-state index contributed by atoms with van der Waals surface area (Å²) in [6.45, 7) is 0.733. The van der Waals surface area contributed by atoms with Gasteiger partial charge in [0.1, 0.15) is 11.3 Å². The van der Waals surface area contributed by atoms with Crippen molar-refractivity contribution in [3.05, 3.63) is 22.7 Å². The largest absolute Gasteiger partial charge is 0.496 e. The van der Waals surface area contributed by atoms with Crippen LogP contribution in [0.3, 0.4) is 0 Å². The number of hydrogen-bond acceptors (Lipinski definition) is 6. The monoisotopic (exact) mass is 419 g/mol. The summed E-state index contributed by atoms with van der Waals surface area (Å²) in [5.41, 5.74) is 0.405. The fourth-order valence-corrected chi connectivity index (χ4v) is 3.85. The zero-order chi connectivity index (χ0) is 20.2. The Morgan fingerprint density at radius 1 is 1.30 bits per heavy atom. The second kappa shape index (κ2) is 8.77. The number of anilines is 1.